The van der Waals surface area contributed by atoms with Gasteiger partial charge in [0.05, 0.1) is 16.1 Å². The minimum Gasteiger partial charge on any atom is -0.310 e. The molecule has 0 atom stereocenters. The van der Waals surface area contributed by atoms with E-state index in [0.717, 1.165) is 5.69 Å². The molecule has 0 saturated carbocycles. The molecule has 0 bridgehead atoms. The van der Waals surface area contributed by atoms with Crippen LogP contribution in [-0.2, 0) is 0 Å². The molecule has 0 saturated heterocycles. The molecule has 0 N–H and O–H groups in total. The largest absolute Gasteiger partial charge is 0.310 e. The van der Waals surface area contributed by atoms with Crippen LogP contribution in [0.1, 0.15) is 0 Å². The van der Waals surface area contributed by atoms with Crippen LogP contribution in [0, 0.1) is 0 Å². The number of anilines is 3. The van der Waals surface area contributed by atoms with E-state index in [1.54, 1.807) is 0 Å². The molecule has 9 aromatic carbocycles. The summed E-state index contributed by atoms with van der Waals surface area (Å²) >= 11 is 0. The van der Waals surface area contributed by atoms with Crippen molar-refractivity contribution in [2.45, 2.75) is 39.3 Å². The Morgan fingerprint density at radius 2 is 0.737 bits per heavy atom. The van der Waals surface area contributed by atoms with Crippen LogP contribution >= 0.6 is 0 Å². The zero-order valence-corrected chi connectivity index (χ0v) is 35.8. The maximum absolute atomic E-state index is 2.45. The van der Waals surface area contributed by atoms with Crippen LogP contribution in [0.5, 0.6) is 0 Å². The van der Waals surface area contributed by atoms with Gasteiger partial charge in [-0.25, -0.2) is 0 Å². The number of fused-ring (bicyclic) bond motifs is 6. The van der Waals surface area contributed by atoms with Crippen LogP contribution in [-0.4, -0.2) is 16.1 Å². The lowest BCUT2D eigenvalue weighted by Gasteiger charge is -2.28. The molecule has 0 fully saturated rings. The fraction of sp³-hybridized carbons (Fsp3) is 0.111. The number of nitrogens with zero attached hydrogens (tertiary/aromatic N) is 1. The molecular formula is C54H49NSi2. The van der Waals surface area contributed by atoms with Crippen LogP contribution in [0.2, 0.25) is 39.3 Å². The summed E-state index contributed by atoms with van der Waals surface area (Å²) < 4.78 is 0. The maximum Gasteiger partial charge on any atom is 0.0775 e. The Bertz CT molecular complexity index is 2810. The van der Waals surface area contributed by atoms with Gasteiger partial charge in [0.15, 0.2) is 0 Å². The summed E-state index contributed by atoms with van der Waals surface area (Å²) in [6, 6.07) is 70.3. The van der Waals surface area contributed by atoms with Gasteiger partial charge < -0.3 is 4.90 Å². The van der Waals surface area contributed by atoms with Crippen molar-refractivity contribution in [1.29, 1.82) is 0 Å². The lowest BCUT2D eigenvalue weighted by molar-refractivity contribution is 1.29. The summed E-state index contributed by atoms with van der Waals surface area (Å²) in [6.07, 6.45) is 0. The molecule has 9 rings (SSSR count). The van der Waals surface area contributed by atoms with Gasteiger partial charge in [-0.3, -0.25) is 0 Å². The van der Waals surface area contributed by atoms with Crippen molar-refractivity contribution in [3.8, 4) is 33.4 Å². The average molecular weight is 768 g/mol. The van der Waals surface area contributed by atoms with Crippen molar-refractivity contribution >= 4 is 75.9 Å². The zero-order chi connectivity index (χ0) is 39.3. The first-order valence-corrected chi connectivity index (χ1v) is 27.2. The molecular weight excluding hydrogens is 719 g/mol. The Hall–Kier alpha value is -6.01. The smallest absolute Gasteiger partial charge is 0.0775 e. The van der Waals surface area contributed by atoms with Crippen molar-refractivity contribution in [1.82, 2.24) is 0 Å². The number of rotatable bonds is 8. The van der Waals surface area contributed by atoms with E-state index in [1.807, 2.05) is 0 Å². The van der Waals surface area contributed by atoms with E-state index < -0.39 is 16.1 Å². The second kappa shape index (κ2) is 14.5. The molecule has 9 aromatic rings. The number of benzene rings is 9. The van der Waals surface area contributed by atoms with Gasteiger partial charge in [0.1, 0.15) is 0 Å². The Labute approximate surface area is 339 Å². The predicted molar refractivity (Wildman–Crippen MR) is 256 cm³/mol. The van der Waals surface area contributed by atoms with Gasteiger partial charge in [-0.05, 0) is 108 Å². The highest BCUT2D eigenvalue weighted by Gasteiger charge is 2.24. The molecule has 0 amide bonds. The lowest BCUT2D eigenvalue weighted by atomic mass is 9.81. The lowest BCUT2D eigenvalue weighted by Crippen LogP contribution is -2.37. The zero-order valence-electron chi connectivity index (χ0n) is 33.8. The fourth-order valence-corrected chi connectivity index (χ4v) is 10.9. The Balaban J connectivity index is 1.40. The molecule has 0 aliphatic carbocycles. The average Bonchev–Trinajstić information content (AvgIpc) is 3.24. The molecule has 3 heteroatoms. The van der Waals surface area contributed by atoms with Crippen LogP contribution in [0.4, 0.5) is 17.1 Å². The molecule has 0 aliphatic rings. The Morgan fingerprint density at radius 1 is 0.316 bits per heavy atom. The molecule has 278 valence electrons. The summed E-state index contributed by atoms with van der Waals surface area (Å²) in [5.41, 5.74) is 10.9. The first kappa shape index (κ1) is 36.6. The van der Waals surface area contributed by atoms with Gasteiger partial charge in [-0.1, -0.05) is 195 Å². The van der Waals surface area contributed by atoms with Crippen molar-refractivity contribution in [2.75, 3.05) is 4.90 Å². The van der Waals surface area contributed by atoms with Crippen molar-refractivity contribution in [3.63, 3.8) is 0 Å². The van der Waals surface area contributed by atoms with Crippen LogP contribution in [0.3, 0.4) is 0 Å². The van der Waals surface area contributed by atoms with Crippen molar-refractivity contribution < 1.29 is 0 Å². The highest BCUT2D eigenvalue weighted by molar-refractivity contribution is 6.89. The van der Waals surface area contributed by atoms with Gasteiger partial charge >= 0.3 is 0 Å². The normalized spacial score (nSPS) is 12.0. The van der Waals surface area contributed by atoms with Crippen LogP contribution in [0.25, 0.3) is 65.7 Å². The van der Waals surface area contributed by atoms with Gasteiger partial charge in [-0.15, -0.1) is 0 Å². The molecule has 1 nitrogen and oxygen atoms in total. The quantitative estimate of drug-likeness (QED) is 0.110. The summed E-state index contributed by atoms with van der Waals surface area (Å²) in [4.78, 5) is 2.45. The fourth-order valence-electron chi connectivity index (χ4n) is 8.54. The third kappa shape index (κ3) is 6.81. The van der Waals surface area contributed by atoms with E-state index in [-0.39, 0.29) is 0 Å². The van der Waals surface area contributed by atoms with Gasteiger partial charge in [0, 0.05) is 17.1 Å². The molecule has 0 spiro atoms. The molecule has 0 unspecified atom stereocenters. The summed E-state index contributed by atoms with van der Waals surface area (Å²) in [5.74, 6) is 0. The van der Waals surface area contributed by atoms with Crippen molar-refractivity contribution in [2.24, 2.45) is 0 Å². The van der Waals surface area contributed by atoms with E-state index in [9.17, 15) is 0 Å². The minimum atomic E-state index is -1.48. The van der Waals surface area contributed by atoms with Crippen LogP contribution in [0.15, 0.2) is 188 Å². The monoisotopic (exact) mass is 767 g/mol. The van der Waals surface area contributed by atoms with Gasteiger partial charge in [0.2, 0.25) is 0 Å². The highest BCUT2D eigenvalue weighted by atomic mass is 28.3. The van der Waals surface area contributed by atoms with E-state index in [4.69, 9.17) is 0 Å². The second-order valence-electron chi connectivity index (χ2n) is 17.4. The third-order valence-corrected chi connectivity index (χ3v) is 15.7. The Kier molecular flexibility index (Phi) is 9.31. The van der Waals surface area contributed by atoms with Crippen molar-refractivity contribution in [3.05, 3.63) is 188 Å². The predicted octanol–water partition coefficient (Wildman–Crippen LogP) is 14.7. The summed E-state index contributed by atoms with van der Waals surface area (Å²) in [5, 5.41) is 10.5. The molecule has 57 heavy (non-hydrogen) atoms. The topological polar surface area (TPSA) is 3.24 Å². The highest BCUT2D eigenvalue weighted by Crippen LogP contribution is 2.50. The SMILES string of the molecule is C[Si](C)(C)c1ccc(N(c2ccc([Si](C)(C)C)cc2)c2ccc3c(c2)c2ccccc2c2c(-c4ccccc4)cc(-c4ccccc4)c(-c4ccccc4)c32)cc1. The molecule has 0 aromatic heterocycles. The van der Waals surface area contributed by atoms with E-state index in [0.29, 0.717) is 0 Å². The number of hydrogen-bond donors (Lipinski definition) is 0. The van der Waals surface area contributed by atoms with Crippen LogP contribution < -0.4 is 15.3 Å². The van der Waals surface area contributed by atoms with Gasteiger partial charge in [0.25, 0.3) is 0 Å². The maximum atomic E-state index is 2.45. The van der Waals surface area contributed by atoms with E-state index >= 15 is 0 Å². The van der Waals surface area contributed by atoms with E-state index in [2.05, 4.69) is 232 Å². The first-order chi connectivity index (χ1) is 27.6. The number of hydrogen-bond acceptors (Lipinski definition) is 1. The molecule has 0 radical (unpaired) electrons. The Morgan fingerprint density at radius 3 is 1.25 bits per heavy atom. The van der Waals surface area contributed by atoms with E-state index in [1.165, 1.54) is 87.4 Å². The van der Waals surface area contributed by atoms with Gasteiger partial charge in [-0.2, -0.15) is 0 Å². The molecule has 0 aliphatic heterocycles. The summed E-state index contributed by atoms with van der Waals surface area (Å²) in [6.45, 7) is 14.5. The first-order valence-electron chi connectivity index (χ1n) is 20.2. The third-order valence-electron chi connectivity index (χ3n) is 11.6. The standard InChI is InChI=1S/C54H49NSi2/c1-56(2,3)44-31-26-41(27-32-44)55(42-28-33-45(34-29-42)57(4,5)6)43-30-35-48-51(36-43)46-24-16-17-25-47(46)53-50(39-20-12-8-13-21-39)37-49(38-18-10-7-11-19-38)52(54(48)53)40-22-14-9-15-23-40/h7-37H,1-6H3. The minimum absolute atomic E-state index is 1.15. The second-order valence-corrected chi connectivity index (χ2v) is 27.6. The summed E-state index contributed by atoms with van der Waals surface area (Å²) in [7, 11) is -2.95. The molecule has 0 heterocycles.